The van der Waals surface area contributed by atoms with Gasteiger partial charge in [-0.2, -0.15) is 0 Å². The van der Waals surface area contributed by atoms with Gasteiger partial charge in [-0.3, -0.25) is 9.59 Å². The summed E-state index contributed by atoms with van der Waals surface area (Å²) in [5.74, 6) is 0.449. The average molecular weight is 390 g/mol. The van der Waals surface area contributed by atoms with E-state index in [1.165, 1.54) is 6.26 Å². The van der Waals surface area contributed by atoms with E-state index in [9.17, 15) is 9.59 Å². The standard InChI is InChI=1S/C23H22N2O4/c1-28-20-10-5-4-8-17(20)14-24-22(26)19-13-16-7-2-3-9-18(16)15-25(19)23(27)21-11-6-12-29-21/h2-12,19H,13-15H2,1H3,(H,24,26). The van der Waals surface area contributed by atoms with Gasteiger partial charge < -0.3 is 19.4 Å². The van der Waals surface area contributed by atoms with Gasteiger partial charge in [0.25, 0.3) is 5.91 Å². The SMILES string of the molecule is COc1ccccc1CNC(=O)C1Cc2ccccc2CN1C(=O)c1ccco1. The van der Waals surface area contributed by atoms with Gasteiger partial charge in [-0.15, -0.1) is 0 Å². The van der Waals surface area contributed by atoms with Crippen LogP contribution >= 0.6 is 0 Å². The Morgan fingerprint density at radius 1 is 1.07 bits per heavy atom. The average Bonchev–Trinajstić information content (AvgIpc) is 3.31. The van der Waals surface area contributed by atoms with E-state index < -0.39 is 6.04 Å². The molecule has 148 valence electrons. The van der Waals surface area contributed by atoms with Crippen molar-refractivity contribution in [2.24, 2.45) is 0 Å². The van der Waals surface area contributed by atoms with Crippen molar-refractivity contribution in [2.45, 2.75) is 25.6 Å². The lowest BCUT2D eigenvalue weighted by Gasteiger charge is -2.35. The first-order chi connectivity index (χ1) is 14.2. The minimum absolute atomic E-state index is 0.203. The Balaban J connectivity index is 1.56. The van der Waals surface area contributed by atoms with E-state index in [2.05, 4.69) is 5.32 Å². The van der Waals surface area contributed by atoms with Crippen LogP contribution in [-0.4, -0.2) is 29.9 Å². The van der Waals surface area contributed by atoms with Crippen molar-refractivity contribution in [2.75, 3.05) is 7.11 Å². The van der Waals surface area contributed by atoms with Crippen molar-refractivity contribution in [1.82, 2.24) is 10.2 Å². The third kappa shape index (κ3) is 3.87. The number of carbonyl (C=O) groups is 2. The fraction of sp³-hybridized carbons (Fsp3) is 0.217. The second-order valence-electron chi connectivity index (χ2n) is 6.93. The maximum atomic E-state index is 13.1. The van der Waals surface area contributed by atoms with Crippen LogP contribution in [-0.2, 0) is 24.3 Å². The Morgan fingerprint density at radius 2 is 1.83 bits per heavy atom. The van der Waals surface area contributed by atoms with E-state index in [1.54, 1.807) is 24.1 Å². The van der Waals surface area contributed by atoms with Gasteiger partial charge in [0.1, 0.15) is 11.8 Å². The summed E-state index contributed by atoms with van der Waals surface area (Å²) in [6.45, 7) is 0.687. The molecule has 0 saturated heterocycles. The lowest BCUT2D eigenvalue weighted by atomic mass is 9.93. The molecule has 0 saturated carbocycles. The number of para-hydroxylation sites is 1. The third-order valence-corrected chi connectivity index (χ3v) is 5.19. The molecule has 2 amide bonds. The number of nitrogens with zero attached hydrogens (tertiary/aromatic N) is 1. The van der Waals surface area contributed by atoms with Gasteiger partial charge >= 0.3 is 0 Å². The molecule has 1 aliphatic rings. The number of amides is 2. The first-order valence-electron chi connectivity index (χ1n) is 9.48. The number of furan rings is 1. The van der Waals surface area contributed by atoms with Gasteiger partial charge in [0.2, 0.25) is 5.91 Å². The minimum Gasteiger partial charge on any atom is -0.496 e. The highest BCUT2D eigenvalue weighted by Gasteiger charge is 2.35. The Morgan fingerprint density at radius 3 is 2.59 bits per heavy atom. The molecule has 4 rings (SSSR count). The van der Waals surface area contributed by atoms with E-state index >= 15 is 0 Å². The molecule has 1 aromatic heterocycles. The number of carbonyl (C=O) groups excluding carboxylic acids is 2. The molecule has 2 heterocycles. The normalized spacial score (nSPS) is 15.5. The van der Waals surface area contributed by atoms with Gasteiger partial charge in [-0.25, -0.2) is 0 Å². The van der Waals surface area contributed by atoms with Crippen molar-refractivity contribution in [3.05, 3.63) is 89.4 Å². The van der Waals surface area contributed by atoms with Gasteiger partial charge in [0.15, 0.2) is 5.76 Å². The number of rotatable bonds is 5. The highest BCUT2D eigenvalue weighted by molar-refractivity contribution is 5.96. The zero-order chi connectivity index (χ0) is 20.2. The van der Waals surface area contributed by atoms with Crippen molar-refractivity contribution >= 4 is 11.8 Å². The van der Waals surface area contributed by atoms with Gasteiger partial charge in [0.05, 0.1) is 13.4 Å². The predicted octanol–water partition coefficient (Wildman–Crippen LogP) is 3.17. The summed E-state index contributed by atoms with van der Waals surface area (Å²) in [6.07, 6.45) is 1.92. The fourth-order valence-electron chi connectivity index (χ4n) is 3.66. The summed E-state index contributed by atoms with van der Waals surface area (Å²) in [5.41, 5.74) is 3.00. The summed E-state index contributed by atoms with van der Waals surface area (Å²) in [6, 6.07) is 18.1. The molecule has 0 aliphatic carbocycles. The van der Waals surface area contributed by atoms with Gasteiger partial charge in [-0.1, -0.05) is 42.5 Å². The summed E-state index contributed by atoms with van der Waals surface area (Å²) in [5, 5.41) is 2.96. The molecule has 6 nitrogen and oxygen atoms in total. The zero-order valence-corrected chi connectivity index (χ0v) is 16.1. The number of ether oxygens (including phenoxy) is 1. The van der Waals surface area contributed by atoms with Crippen LogP contribution in [0.3, 0.4) is 0 Å². The molecule has 0 fully saturated rings. The van der Waals surface area contributed by atoms with Crippen LogP contribution in [0, 0.1) is 0 Å². The topological polar surface area (TPSA) is 71.8 Å². The second-order valence-corrected chi connectivity index (χ2v) is 6.93. The van der Waals surface area contributed by atoms with Crippen LogP contribution < -0.4 is 10.1 Å². The number of hydrogen-bond acceptors (Lipinski definition) is 4. The van der Waals surface area contributed by atoms with Crippen LogP contribution in [0.1, 0.15) is 27.2 Å². The molecule has 2 aromatic carbocycles. The number of fused-ring (bicyclic) bond motifs is 1. The number of hydrogen-bond donors (Lipinski definition) is 1. The zero-order valence-electron chi connectivity index (χ0n) is 16.1. The molecule has 29 heavy (non-hydrogen) atoms. The minimum atomic E-state index is -0.614. The molecular formula is C23H22N2O4. The smallest absolute Gasteiger partial charge is 0.290 e. The number of benzene rings is 2. The van der Waals surface area contributed by atoms with Crippen LogP contribution in [0.2, 0.25) is 0 Å². The fourth-order valence-corrected chi connectivity index (χ4v) is 3.66. The van der Waals surface area contributed by atoms with Gasteiger partial charge in [-0.05, 0) is 29.3 Å². The Bertz CT molecular complexity index is 1010. The first kappa shape index (κ1) is 18.8. The summed E-state index contributed by atoms with van der Waals surface area (Å²) in [4.78, 5) is 27.7. The van der Waals surface area contributed by atoms with Crippen LogP contribution in [0.4, 0.5) is 0 Å². The molecule has 1 N–H and O–H groups in total. The molecule has 0 bridgehead atoms. The predicted molar refractivity (Wildman–Crippen MR) is 107 cm³/mol. The quantitative estimate of drug-likeness (QED) is 0.726. The second kappa shape index (κ2) is 8.22. The molecule has 1 aliphatic heterocycles. The van der Waals surface area contributed by atoms with E-state index in [-0.39, 0.29) is 17.6 Å². The largest absolute Gasteiger partial charge is 0.496 e. The van der Waals surface area contributed by atoms with Crippen LogP contribution in [0.15, 0.2) is 71.3 Å². The molecular weight excluding hydrogens is 368 g/mol. The number of methoxy groups -OCH3 is 1. The Labute approximate surface area is 169 Å². The lowest BCUT2D eigenvalue weighted by Crippen LogP contribution is -2.52. The van der Waals surface area contributed by atoms with Crippen molar-refractivity contribution in [3.63, 3.8) is 0 Å². The van der Waals surface area contributed by atoms with E-state index in [4.69, 9.17) is 9.15 Å². The molecule has 1 unspecified atom stereocenters. The summed E-state index contributed by atoms with van der Waals surface area (Å²) in [7, 11) is 1.60. The maximum absolute atomic E-state index is 13.1. The summed E-state index contributed by atoms with van der Waals surface area (Å²) < 4.78 is 10.6. The lowest BCUT2D eigenvalue weighted by molar-refractivity contribution is -0.126. The van der Waals surface area contributed by atoms with Crippen LogP contribution in [0.25, 0.3) is 0 Å². The van der Waals surface area contributed by atoms with Gasteiger partial charge in [0, 0.05) is 25.1 Å². The van der Waals surface area contributed by atoms with E-state index in [0.29, 0.717) is 25.3 Å². The molecule has 0 spiro atoms. The molecule has 6 heteroatoms. The molecule has 1 atom stereocenters. The van der Waals surface area contributed by atoms with Crippen LogP contribution in [0.5, 0.6) is 5.75 Å². The molecule has 0 radical (unpaired) electrons. The Hall–Kier alpha value is -3.54. The van der Waals surface area contributed by atoms with Crippen molar-refractivity contribution in [1.29, 1.82) is 0 Å². The highest BCUT2D eigenvalue weighted by Crippen LogP contribution is 2.26. The third-order valence-electron chi connectivity index (χ3n) is 5.19. The summed E-state index contributed by atoms with van der Waals surface area (Å²) >= 11 is 0. The van der Waals surface area contributed by atoms with Crippen molar-refractivity contribution < 1.29 is 18.7 Å². The van der Waals surface area contributed by atoms with E-state index in [0.717, 1.165) is 16.7 Å². The Kier molecular flexibility index (Phi) is 5.33. The maximum Gasteiger partial charge on any atom is 0.290 e. The van der Waals surface area contributed by atoms with Crippen molar-refractivity contribution in [3.8, 4) is 5.75 Å². The van der Waals surface area contributed by atoms with E-state index in [1.807, 2.05) is 48.5 Å². The number of nitrogens with one attached hydrogen (secondary N) is 1. The monoisotopic (exact) mass is 390 g/mol. The molecule has 3 aromatic rings. The first-order valence-corrected chi connectivity index (χ1v) is 9.48. The highest BCUT2D eigenvalue weighted by atomic mass is 16.5.